The van der Waals surface area contributed by atoms with Crippen molar-refractivity contribution in [3.05, 3.63) is 17.0 Å². The SMILES string of the molecule is CCCCC(CC)CNC(C)c1c(C)noc1C. The van der Waals surface area contributed by atoms with E-state index < -0.39 is 0 Å². The van der Waals surface area contributed by atoms with Crippen LogP contribution >= 0.6 is 0 Å². The summed E-state index contributed by atoms with van der Waals surface area (Å²) in [6, 6.07) is 0.326. The minimum atomic E-state index is 0.326. The summed E-state index contributed by atoms with van der Waals surface area (Å²) in [6.45, 7) is 11.8. The molecule has 0 aliphatic carbocycles. The molecule has 1 heterocycles. The van der Waals surface area contributed by atoms with Crippen molar-refractivity contribution in [2.75, 3.05) is 6.54 Å². The van der Waals surface area contributed by atoms with Crippen molar-refractivity contribution < 1.29 is 4.52 Å². The standard InChI is InChI=1S/C15H28N2O/c1-6-8-9-14(7-2)10-16-11(3)15-12(4)17-18-13(15)5/h11,14,16H,6-10H2,1-5H3. The minimum absolute atomic E-state index is 0.326. The second-order valence-electron chi connectivity index (χ2n) is 5.28. The number of hydrogen-bond donors (Lipinski definition) is 1. The van der Waals surface area contributed by atoms with Gasteiger partial charge in [0.2, 0.25) is 0 Å². The molecule has 2 atom stereocenters. The van der Waals surface area contributed by atoms with Gasteiger partial charge >= 0.3 is 0 Å². The quantitative estimate of drug-likeness (QED) is 0.755. The number of nitrogens with one attached hydrogen (secondary N) is 1. The van der Waals surface area contributed by atoms with E-state index in [4.69, 9.17) is 4.52 Å². The van der Waals surface area contributed by atoms with E-state index in [2.05, 4.69) is 31.2 Å². The van der Waals surface area contributed by atoms with Gasteiger partial charge in [-0.25, -0.2) is 0 Å². The summed E-state index contributed by atoms with van der Waals surface area (Å²) in [5, 5.41) is 7.65. The highest BCUT2D eigenvalue weighted by Crippen LogP contribution is 2.21. The average Bonchev–Trinajstić information content (AvgIpc) is 2.69. The van der Waals surface area contributed by atoms with Crippen LogP contribution in [-0.4, -0.2) is 11.7 Å². The molecule has 0 spiro atoms. The van der Waals surface area contributed by atoms with Crippen molar-refractivity contribution in [2.45, 2.75) is 66.3 Å². The van der Waals surface area contributed by atoms with Crippen LogP contribution in [0.3, 0.4) is 0 Å². The fraction of sp³-hybridized carbons (Fsp3) is 0.800. The lowest BCUT2D eigenvalue weighted by Gasteiger charge is -2.19. The third kappa shape index (κ3) is 4.13. The topological polar surface area (TPSA) is 38.1 Å². The Bertz CT molecular complexity index is 327. The molecule has 0 aromatic carbocycles. The van der Waals surface area contributed by atoms with Gasteiger partial charge in [0.25, 0.3) is 0 Å². The molecule has 1 rings (SSSR count). The first kappa shape index (κ1) is 15.2. The second kappa shape index (κ2) is 7.57. The Morgan fingerprint density at radius 1 is 1.28 bits per heavy atom. The molecule has 3 nitrogen and oxygen atoms in total. The maximum absolute atomic E-state index is 5.22. The van der Waals surface area contributed by atoms with Gasteiger partial charge in [0.05, 0.1) is 5.69 Å². The lowest BCUT2D eigenvalue weighted by atomic mass is 9.98. The molecule has 18 heavy (non-hydrogen) atoms. The summed E-state index contributed by atoms with van der Waals surface area (Å²) >= 11 is 0. The molecule has 0 bridgehead atoms. The zero-order valence-corrected chi connectivity index (χ0v) is 12.5. The molecule has 0 saturated heterocycles. The smallest absolute Gasteiger partial charge is 0.138 e. The van der Waals surface area contributed by atoms with Crippen molar-refractivity contribution in [2.24, 2.45) is 5.92 Å². The Hall–Kier alpha value is -0.830. The first-order chi connectivity index (χ1) is 8.60. The Balaban J connectivity index is 2.47. The van der Waals surface area contributed by atoms with E-state index in [9.17, 15) is 0 Å². The van der Waals surface area contributed by atoms with Crippen LogP contribution in [0.1, 0.15) is 69.5 Å². The average molecular weight is 252 g/mol. The van der Waals surface area contributed by atoms with E-state index in [0.29, 0.717) is 6.04 Å². The minimum Gasteiger partial charge on any atom is -0.361 e. The number of hydrogen-bond acceptors (Lipinski definition) is 3. The van der Waals surface area contributed by atoms with Gasteiger partial charge in [0.1, 0.15) is 5.76 Å². The van der Waals surface area contributed by atoms with Crippen molar-refractivity contribution in [3.8, 4) is 0 Å². The summed E-state index contributed by atoms with van der Waals surface area (Å²) in [7, 11) is 0. The van der Waals surface area contributed by atoms with Gasteiger partial charge in [-0.15, -0.1) is 0 Å². The van der Waals surface area contributed by atoms with E-state index in [0.717, 1.165) is 23.9 Å². The number of unbranched alkanes of at least 4 members (excludes halogenated alkanes) is 1. The van der Waals surface area contributed by atoms with Crippen LogP contribution in [-0.2, 0) is 0 Å². The molecule has 1 aromatic heterocycles. The normalized spacial score (nSPS) is 14.7. The first-order valence-corrected chi connectivity index (χ1v) is 7.26. The lowest BCUT2D eigenvalue weighted by molar-refractivity contribution is 0.383. The van der Waals surface area contributed by atoms with Gasteiger partial charge in [-0.3, -0.25) is 0 Å². The summed E-state index contributed by atoms with van der Waals surface area (Å²) < 4.78 is 5.22. The Morgan fingerprint density at radius 3 is 2.50 bits per heavy atom. The summed E-state index contributed by atoms with van der Waals surface area (Å²) in [4.78, 5) is 0. The molecule has 3 heteroatoms. The van der Waals surface area contributed by atoms with Gasteiger partial charge in [-0.2, -0.15) is 0 Å². The molecule has 0 amide bonds. The van der Waals surface area contributed by atoms with Crippen LogP contribution in [0.5, 0.6) is 0 Å². The van der Waals surface area contributed by atoms with Gasteiger partial charge < -0.3 is 9.84 Å². The maximum atomic E-state index is 5.22. The van der Waals surface area contributed by atoms with Crippen LogP contribution in [0.15, 0.2) is 4.52 Å². The summed E-state index contributed by atoms with van der Waals surface area (Å²) in [5.41, 5.74) is 2.23. The number of aromatic nitrogens is 1. The molecule has 1 N–H and O–H groups in total. The largest absolute Gasteiger partial charge is 0.361 e. The lowest BCUT2D eigenvalue weighted by Crippen LogP contribution is -2.26. The van der Waals surface area contributed by atoms with E-state index in [-0.39, 0.29) is 0 Å². The summed E-state index contributed by atoms with van der Waals surface area (Å²) in [5.74, 6) is 1.72. The van der Waals surface area contributed by atoms with E-state index >= 15 is 0 Å². The fourth-order valence-electron chi connectivity index (χ4n) is 2.50. The predicted octanol–water partition coefficient (Wildman–Crippen LogP) is 4.16. The monoisotopic (exact) mass is 252 g/mol. The number of aryl methyl sites for hydroxylation is 2. The number of rotatable bonds is 8. The highest BCUT2D eigenvalue weighted by atomic mass is 16.5. The Labute approximate surface area is 111 Å². The van der Waals surface area contributed by atoms with Gasteiger partial charge in [-0.05, 0) is 39.7 Å². The zero-order chi connectivity index (χ0) is 13.5. The third-order valence-corrected chi connectivity index (χ3v) is 3.78. The van der Waals surface area contributed by atoms with Crippen LogP contribution in [0.4, 0.5) is 0 Å². The zero-order valence-electron chi connectivity index (χ0n) is 12.5. The van der Waals surface area contributed by atoms with Crippen molar-refractivity contribution in [1.82, 2.24) is 10.5 Å². The fourth-order valence-corrected chi connectivity index (χ4v) is 2.50. The molecule has 0 radical (unpaired) electrons. The number of nitrogens with zero attached hydrogens (tertiary/aromatic N) is 1. The molecular formula is C15H28N2O. The summed E-state index contributed by atoms with van der Waals surface area (Å²) in [6.07, 6.45) is 5.20. The molecule has 0 fully saturated rings. The molecule has 0 aliphatic rings. The second-order valence-corrected chi connectivity index (χ2v) is 5.28. The Kier molecular flexibility index (Phi) is 6.41. The molecule has 2 unspecified atom stereocenters. The van der Waals surface area contributed by atoms with Crippen molar-refractivity contribution in [3.63, 3.8) is 0 Å². The van der Waals surface area contributed by atoms with Crippen LogP contribution in [0.25, 0.3) is 0 Å². The van der Waals surface area contributed by atoms with Crippen molar-refractivity contribution >= 4 is 0 Å². The van der Waals surface area contributed by atoms with Crippen molar-refractivity contribution in [1.29, 1.82) is 0 Å². The third-order valence-electron chi connectivity index (χ3n) is 3.78. The van der Waals surface area contributed by atoms with Gasteiger partial charge in [0, 0.05) is 11.6 Å². The molecule has 0 saturated carbocycles. The predicted molar refractivity (Wildman–Crippen MR) is 75.7 cm³/mol. The van der Waals surface area contributed by atoms with E-state index in [1.807, 2.05) is 13.8 Å². The molecular weight excluding hydrogens is 224 g/mol. The molecule has 1 aromatic rings. The van der Waals surface area contributed by atoms with E-state index in [1.54, 1.807) is 0 Å². The molecule has 0 aliphatic heterocycles. The maximum Gasteiger partial charge on any atom is 0.138 e. The van der Waals surface area contributed by atoms with Gasteiger partial charge in [0.15, 0.2) is 0 Å². The van der Waals surface area contributed by atoms with Crippen LogP contribution < -0.4 is 5.32 Å². The van der Waals surface area contributed by atoms with Gasteiger partial charge in [-0.1, -0.05) is 38.3 Å². The highest BCUT2D eigenvalue weighted by molar-refractivity contribution is 5.24. The molecule has 104 valence electrons. The van der Waals surface area contributed by atoms with Crippen LogP contribution in [0.2, 0.25) is 0 Å². The Morgan fingerprint density at radius 2 is 2.00 bits per heavy atom. The van der Waals surface area contributed by atoms with E-state index in [1.165, 1.54) is 31.2 Å². The van der Waals surface area contributed by atoms with Crippen LogP contribution in [0, 0.1) is 19.8 Å². The highest BCUT2D eigenvalue weighted by Gasteiger charge is 2.17. The first-order valence-electron chi connectivity index (χ1n) is 7.26.